The van der Waals surface area contributed by atoms with Crippen LogP contribution in [0.2, 0.25) is 0 Å². The third kappa shape index (κ3) is 3.27. The maximum absolute atomic E-state index is 4.17. The van der Waals surface area contributed by atoms with Crippen LogP contribution < -0.4 is 0 Å². The van der Waals surface area contributed by atoms with Crippen LogP contribution in [-0.4, -0.2) is 10.3 Å². The molecular formula is C14H11Br2N. The highest BCUT2D eigenvalue weighted by Crippen LogP contribution is 2.24. The zero-order valence-corrected chi connectivity index (χ0v) is 12.3. The second-order valence-corrected chi connectivity index (χ2v) is 5.08. The Morgan fingerprint density at radius 2 is 1.88 bits per heavy atom. The lowest BCUT2D eigenvalue weighted by molar-refractivity contribution is 1.31. The molecule has 0 saturated heterocycles. The van der Waals surface area contributed by atoms with E-state index >= 15 is 0 Å². The van der Waals surface area contributed by atoms with Crippen LogP contribution in [0.1, 0.15) is 11.1 Å². The summed E-state index contributed by atoms with van der Waals surface area (Å²) in [7, 11) is 0. The summed E-state index contributed by atoms with van der Waals surface area (Å²) < 4.78 is 1.09. The molecule has 0 aliphatic rings. The minimum Gasteiger partial charge on any atom is -0.264 e. The summed E-state index contributed by atoms with van der Waals surface area (Å²) in [5.41, 5.74) is 3.53. The zero-order chi connectivity index (χ0) is 12.1. The third-order valence-corrected chi connectivity index (χ3v) is 3.26. The van der Waals surface area contributed by atoms with Crippen molar-refractivity contribution >= 4 is 37.4 Å². The SMILES string of the molecule is BrC/C=C(\c1ccc(Br)cc1)c1cccnc1. The van der Waals surface area contributed by atoms with Crippen molar-refractivity contribution in [3.63, 3.8) is 0 Å². The molecule has 0 atom stereocenters. The average molecular weight is 353 g/mol. The van der Waals surface area contributed by atoms with Gasteiger partial charge in [-0.1, -0.05) is 56.1 Å². The summed E-state index contributed by atoms with van der Waals surface area (Å²) in [6.07, 6.45) is 5.83. The van der Waals surface area contributed by atoms with Gasteiger partial charge in [0.15, 0.2) is 0 Å². The molecule has 17 heavy (non-hydrogen) atoms. The number of rotatable bonds is 3. The van der Waals surface area contributed by atoms with Gasteiger partial charge < -0.3 is 0 Å². The Balaban J connectivity index is 2.44. The number of benzene rings is 1. The normalized spacial score (nSPS) is 11.5. The number of nitrogens with zero attached hydrogens (tertiary/aromatic N) is 1. The molecule has 0 N–H and O–H groups in total. The summed E-state index contributed by atoms with van der Waals surface area (Å²) in [4.78, 5) is 4.17. The van der Waals surface area contributed by atoms with Crippen molar-refractivity contribution in [2.75, 3.05) is 5.33 Å². The van der Waals surface area contributed by atoms with Crippen molar-refractivity contribution in [1.29, 1.82) is 0 Å². The molecule has 0 aliphatic heterocycles. The van der Waals surface area contributed by atoms with E-state index in [-0.39, 0.29) is 0 Å². The summed E-state index contributed by atoms with van der Waals surface area (Å²) in [6.45, 7) is 0. The second-order valence-electron chi connectivity index (χ2n) is 3.52. The zero-order valence-electron chi connectivity index (χ0n) is 9.11. The van der Waals surface area contributed by atoms with Crippen LogP contribution in [0.3, 0.4) is 0 Å². The van der Waals surface area contributed by atoms with E-state index in [0.717, 1.165) is 15.4 Å². The van der Waals surface area contributed by atoms with Gasteiger partial charge in [-0.2, -0.15) is 0 Å². The Bertz CT molecular complexity index is 504. The van der Waals surface area contributed by atoms with Gasteiger partial charge in [0.25, 0.3) is 0 Å². The lowest BCUT2D eigenvalue weighted by Crippen LogP contribution is -1.89. The molecule has 0 amide bonds. The van der Waals surface area contributed by atoms with Gasteiger partial charge in [-0.25, -0.2) is 0 Å². The molecule has 1 aromatic heterocycles. The third-order valence-electron chi connectivity index (χ3n) is 2.41. The molecule has 0 saturated carbocycles. The van der Waals surface area contributed by atoms with Gasteiger partial charge in [-0.3, -0.25) is 4.98 Å². The first-order chi connectivity index (χ1) is 8.31. The highest BCUT2D eigenvalue weighted by atomic mass is 79.9. The second kappa shape index (κ2) is 6.12. The highest BCUT2D eigenvalue weighted by Gasteiger charge is 2.04. The molecule has 1 nitrogen and oxygen atoms in total. The number of alkyl halides is 1. The van der Waals surface area contributed by atoms with E-state index in [2.05, 4.69) is 61.1 Å². The highest BCUT2D eigenvalue weighted by molar-refractivity contribution is 9.10. The molecule has 0 radical (unpaired) electrons. The first kappa shape index (κ1) is 12.5. The lowest BCUT2D eigenvalue weighted by atomic mass is 9.99. The van der Waals surface area contributed by atoms with E-state index in [1.54, 1.807) is 6.20 Å². The van der Waals surface area contributed by atoms with Gasteiger partial charge >= 0.3 is 0 Å². The quantitative estimate of drug-likeness (QED) is 0.731. The van der Waals surface area contributed by atoms with Crippen LogP contribution in [0, 0.1) is 0 Å². The summed E-state index contributed by atoms with van der Waals surface area (Å²) in [5, 5.41) is 0.827. The minimum absolute atomic E-state index is 0.827. The molecule has 0 aliphatic carbocycles. The predicted octanol–water partition coefficient (Wildman–Crippen LogP) is 4.67. The number of hydrogen-bond donors (Lipinski definition) is 0. The lowest BCUT2D eigenvalue weighted by Gasteiger charge is -2.07. The molecule has 0 spiro atoms. The Labute approximate surface area is 118 Å². The van der Waals surface area contributed by atoms with E-state index < -0.39 is 0 Å². The van der Waals surface area contributed by atoms with E-state index in [1.807, 2.05) is 24.4 Å². The topological polar surface area (TPSA) is 12.9 Å². The molecular weight excluding hydrogens is 342 g/mol. The largest absolute Gasteiger partial charge is 0.264 e. The number of aromatic nitrogens is 1. The van der Waals surface area contributed by atoms with Gasteiger partial charge in [0.1, 0.15) is 0 Å². The molecule has 0 bridgehead atoms. The molecule has 0 fully saturated rings. The molecule has 86 valence electrons. The summed E-state index contributed by atoms with van der Waals surface area (Å²) in [5.74, 6) is 0. The Kier molecular flexibility index (Phi) is 4.51. The minimum atomic E-state index is 0.827. The number of halogens is 2. The Morgan fingerprint density at radius 1 is 1.12 bits per heavy atom. The molecule has 3 heteroatoms. The van der Waals surface area contributed by atoms with E-state index in [9.17, 15) is 0 Å². The molecule has 0 unspecified atom stereocenters. The predicted molar refractivity (Wildman–Crippen MR) is 79.3 cm³/mol. The number of allylic oxidation sites excluding steroid dienone is 1. The van der Waals surface area contributed by atoms with Crippen molar-refractivity contribution in [1.82, 2.24) is 4.98 Å². The molecule has 2 aromatic rings. The first-order valence-electron chi connectivity index (χ1n) is 5.23. The van der Waals surface area contributed by atoms with Crippen molar-refractivity contribution in [2.24, 2.45) is 0 Å². The maximum atomic E-state index is 4.17. The van der Waals surface area contributed by atoms with E-state index in [4.69, 9.17) is 0 Å². The molecule has 1 heterocycles. The monoisotopic (exact) mass is 351 g/mol. The standard InChI is InChI=1S/C14H11Br2N/c15-8-7-14(12-2-1-9-17-10-12)11-3-5-13(16)6-4-11/h1-7,9-10H,8H2/b14-7+. The maximum Gasteiger partial charge on any atom is 0.0346 e. The Morgan fingerprint density at radius 3 is 2.47 bits per heavy atom. The van der Waals surface area contributed by atoms with Crippen LogP contribution in [0.5, 0.6) is 0 Å². The van der Waals surface area contributed by atoms with E-state index in [0.29, 0.717) is 0 Å². The van der Waals surface area contributed by atoms with Crippen molar-refractivity contribution in [3.05, 3.63) is 70.5 Å². The van der Waals surface area contributed by atoms with Crippen LogP contribution in [-0.2, 0) is 0 Å². The number of pyridine rings is 1. The van der Waals surface area contributed by atoms with Gasteiger partial charge in [0.05, 0.1) is 0 Å². The van der Waals surface area contributed by atoms with Crippen molar-refractivity contribution in [2.45, 2.75) is 0 Å². The van der Waals surface area contributed by atoms with Gasteiger partial charge in [0.2, 0.25) is 0 Å². The smallest absolute Gasteiger partial charge is 0.0346 e. The summed E-state index contributed by atoms with van der Waals surface area (Å²) >= 11 is 6.90. The Hall–Kier alpha value is -0.930. The number of hydrogen-bond acceptors (Lipinski definition) is 1. The van der Waals surface area contributed by atoms with Crippen LogP contribution in [0.15, 0.2) is 59.3 Å². The van der Waals surface area contributed by atoms with Crippen LogP contribution in [0.25, 0.3) is 5.57 Å². The summed E-state index contributed by atoms with van der Waals surface area (Å²) in [6, 6.07) is 12.3. The van der Waals surface area contributed by atoms with Gasteiger partial charge in [0, 0.05) is 27.8 Å². The fraction of sp³-hybridized carbons (Fsp3) is 0.0714. The van der Waals surface area contributed by atoms with Crippen LogP contribution in [0.4, 0.5) is 0 Å². The first-order valence-corrected chi connectivity index (χ1v) is 7.15. The fourth-order valence-corrected chi connectivity index (χ4v) is 2.22. The van der Waals surface area contributed by atoms with Gasteiger partial charge in [-0.15, -0.1) is 0 Å². The molecule has 2 rings (SSSR count). The molecule has 1 aromatic carbocycles. The van der Waals surface area contributed by atoms with Crippen molar-refractivity contribution < 1.29 is 0 Å². The fourth-order valence-electron chi connectivity index (χ4n) is 1.63. The van der Waals surface area contributed by atoms with Gasteiger partial charge in [-0.05, 0) is 29.3 Å². The average Bonchev–Trinajstić information content (AvgIpc) is 2.38. The van der Waals surface area contributed by atoms with Crippen molar-refractivity contribution in [3.8, 4) is 0 Å². The van der Waals surface area contributed by atoms with E-state index in [1.165, 1.54) is 11.1 Å². The van der Waals surface area contributed by atoms with Crippen LogP contribution >= 0.6 is 31.9 Å².